The molecule has 7 heteroatoms. The minimum absolute atomic E-state index is 0.0277. The first-order valence-electron chi connectivity index (χ1n) is 7.79. The normalized spacial score (nSPS) is 20.3. The third-order valence-electron chi connectivity index (χ3n) is 4.31. The Balaban J connectivity index is 1.57. The van der Waals surface area contributed by atoms with Gasteiger partial charge in [-0.25, -0.2) is 9.37 Å². The number of methoxy groups -OCH3 is 1. The van der Waals surface area contributed by atoms with Crippen LogP contribution in [0, 0.1) is 5.82 Å². The zero-order chi connectivity index (χ0) is 17.0. The molecule has 0 spiro atoms. The molecule has 1 amide bonds. The molecule has 1 aromatic carbocycles. The summed E-state index contributed by atoms with van der Waals surface area (Å²) in [6, 6.07) is 5.86. The molecule has 2 aromatic rings. The monoisotopic (exact) mass is 333 g/mol. The lowest BCUT2D eigenvalue weighted by Gasteiger charge is -2.27. The number of ether oxygens (including phenoxy) is 2. The van der Waals surface area contributed by atoms with Crippen LogP contribution < -0.4 is 4.74 Å². The number of aromatic amines is 1. The summed E-state index contributed by atoms with van der Waals surface area (Å²) in [6.45, 7) is 1.40. The third-order valence-corrected chi connectivity index (χ3v) is 4.31. The van der Waals surface area contributed by atoms with E-state index in [9.17, 15) is 9.18 Å². The number of carbonyl (C=O) groups excluding carboxylic acids is 1. The first-order valence-corrected chi connectivity index (χ1v) is 7.79. The van der Waals surface area contributed by atoms with E-state index in [0.717, 1.165) is 5.69 Å². The first-order chi connectivity index (χ1) is 11.6. The van der Waals surface area contributed by atoms with E-state index in [2.05, 4.69) is 9.97 Å². The summed E-state index contributed by atoms with van der Waals surface area (Å²) < 4.78 is 24.3. The van der Waals surface area contributed by atoms with Crippen molar-refractivity contribution in [2.75, 3.05) is 26.8 Å². The van der Waals surface area contributed by atoms with Crippen LogP contribution >= 0.6 is 0 Å². The number of hydrogen-bond donors (Lipinski definition) is 1. The maximum absolute atomic E-state index is 12.9. The van der Waals surface area contributed by atoms with E-state index in [1.54, 1.807) is 36.7 Å². The van der Waals surface area contributed by atoms with Crippen LogP contribution in [-0.4, -0.2) is 53.2 Å². The number of likely N-dealkylation sites (tertiary alicyclic amines) is 1. The molecule has 128 valence electrons. The Kier molecular flexibility index (Phi) is 4.80. The number of hydrogen-bond acceptors (Lipinski definition) is 4. The van der Waals surface area contributed by atoms with Crippen LogP contribution in [0.5, 0.6) is 5.75 Å². The first kappa shape index (κ1) is 16.4. The van der Waals surface area contributed by atoms with Gasteiger partial charge in [-0.3, -0.25) is 4.79 Å². The van der Waals surface area contributed by atoms with E-state index in [0.29, 0.717) is 38.3 Å². The summed E-state index contributed by atoms with van der Waals surface area (Å²) in [7, 11) is 1.62. The molecule has 3 rings (SSSR count). The van der Waals surface area contributed by atoms with Gasteiger partial charge in [-0.1, -0.05) is 0 Å². The molecule has 2 heterocycles. The smallest absolute Gasteiger partial charge is 0.228 e. The number of carbonyl (C=O) groups is 1. The van der Waals surface area contributed by atoms with E-state index in [-0.39, 0.29) is 11.7 Å². The lowest BCUT2D eigenvalue weighted by molar-refractivity contribution is -0.131. The second kappa shape index (κ2) is 7.00. The minimum Gasteiger partial charge on any atom is -0.491 e. The zero-order valence-electron chi connectivity index (χ0n) is 13.5. The molecule has 1 fully saturated rings. The third kappa shape index (κ3) is 3.73. The Bertz CT molecular complexity index is 675. The number of benzene rings is 1. The number of amides is 1. The van der Waals surface area contributed by atoms with Gasteiger partial charge in [0.2, 0.25) is 5.91 Å². The van der Waals surface area contributed by atoms with Gasteiger partial charge >= 0.3 is 0 Å². The van der Waals surface area contributed by atoms with E-state index in [1.165, 1.54) is 12.1 Å². The van der Waals surface area contributed by atoms with Crippen molar-refractivity contribution >= 4 is 5.91 Å². The lowest BCUT2D eigenvalue weighted by Crippen LogP contribution is -2.42. The van der Waals surface area contributed by atoms with Crippen molar-refractivity contribution in [3.8, 4) is 5.75 Å². The maximum Gasteiger partial charge on any atom is 0.228 e. The van der Waals surface area contributed by atoms with Gasteiger partial charge < -0.3 is 19.4 Å². The number of halogens is 1. The summed E-state index contributed by atoms with van der Waals surface area (Å²) >= 11 is 0. The molecular formula is C17H20FN3O3. The number of nitrogens with zero attached hydrogens (tertiary/aromatic N) is 2. The number of imidazole rings is 1. The van der Waals surface area contributed by atoms with Crippen LogP contribution in [0.1, 0.15) is 12.1 Å². The summed E-state index contributed by atoms with van der Waals surface area (Å²) in [5.41, 5.74) is 0.246. The molecular weight excluding hydrogens is 313 g/mol. The molecule has 0 radical (unpaired) electrons. The lowest BCUT2D eigenvalue weighted by atomic mass is 10.0. The van der Waals surface area contributed by atoms with Crippen molar-refractivity contribution in [2.24, 2.45) is 0 Å². The Morgan fingerprint density at radius 1 is 1.42 bits per heavy atom. The van der Waals surface area contributed by atoms with Gasteiger partial charge in [0.15, 0.2) is 0 Å². The van der Waals surface area contributed by atoms with E-state index in [1.807, 2.05) is 0 Å². The molecule has 6 nitrogen and oxygen atoms in total. The molecule has 1 saturated heterocycles. The van der Waals surface area contributed by atoms with Crippen molar-refractivity contribution in [2.45, 2.75) is 18.4 Å². The highest BCUT2D eigenvalue weighted by Crippen LogP contribution is 2.27. The van der Waals surface area contributed by atoms with Crippen LogP contribution in [0.25, 0.3) is 0 Å². The number of rotatable bonds is 6. The average molecular weight is 333 g/mol. The van der Waals surface area contributed by atoms with Crippen LogP contribution in [0.15, 0.2) is 36.8 Å². The zero-order valence-corrected chi connectivity index (χ0v) is 13.5. The van der Waals surface area contributed by atoms with Crippen LogP contribution in [0.3, 0.4) is 0 Å². The quantitative estimate of drug-likeness (QED) is 0.875. The van der Waals surface area contributed by atoms with Gasteiger partial charge in [-0.05, 0) is 30.7 Å². The SMILES string of the molecule is CO[C@]1(COc2ccc(F)cc2)CCN(C(=O)Cc2cnc[nH]2)C1. The fourth-order valence-electron chi connectivity index (χ4n) is 2.80. The highest BCUT2D eigenvalue weighted by molar-refractivity contribution is 5.78. The van der Waals surface area contributed by atoms with Gasteiger partial charge in [-0.2, -0.15) is 0 Å². The van der Waals surface area contributed by atoms with Crippen LogP contribution in [0.2, 0.25) is 0 Å². The molecule has 0 unspecified atom stereocenters. The molecule has 0 aliphatic carbocycles. The number of aromatic nitrogens is 2. The predicted octanol–water partition coefficient (Wildman–Crippen LogP) is 1.79. The van der Waals surface area contributed by atoms with Crippen LogP contribution in [0.4, 0.5) is 4.39 Å². The highest BCUT2D eigenvalue weighted by Gasteiger charge is 2.41. The van der Waals surface area contributed by atoms with E-state index in [4.69, 9.17) is 9.47 Å². The van der Waals surface area contributed by atoms with Crippen LogP contribution in [-0.2, 0) is 16.0 Å². The Labute approximate surface area is 139 Å². The maximum atomic E-state index is 12.9. The standard InChI is InChI=1S/C17H20FN3O3/c1-23-17(11-24-15-4-2-13(18)3-5-15)6-7-21(10-17)16(22)8-14-9-19-12-20-14/h2-5,9,12H,6-8,10-11H2,1H3,(H,19,20)/t17-/m1/s1. The molecule has 1 aliphatic rings. The second-order valence-electron chi connectivity index (χ2n) is 5.95. The highest BCUT2D eigenvalue weighted by atomic mass is 19.1. The fourth-order valence-corrected chi connectivity index (χ4v) is 2.80. The van der Waals surface area contributed by atoms with Crippen molar-refractivity contribution in [3.05, 3.63) is 48.3 Å². The fraction of sp³-hybridized carbons (Fsp3) is 0.412. The Hall–Kier alpha value is -2.41. The Morgan fingerprint density at radius 2 is 2.21 bits per heavy atom. The van der Waals surface area contributed by atoms with Crippen molar-refractivity contribution in [1.29, 1.82) is 0 Å². The summed E-state index contributed by atoms with van der Waals surface area (Å²) in [4.78, 5) is 21.0. The predicted molar refractivity (Wildman–Crippen MR) is 85.1 cm³/mol. The van der Waals surface area contributed by atoms with E-state index < -0.39 is 5.60 Å². The molecule has 1 N–H and O–H groups in total. The minimum atomic E-state index is -0.544. The van der Waals surface area contributed by atoms with Gasteiger partial charge in [0.05, 0.1) is 19.3 Å². The Morgan fingerprint density at radius 3 is 2.88 bits per heavy atom. The molecule has 0 saturated carbocycles. The number of H-pyrrole nitrogens is 1. The average Bonchev–Trinajstić information content (AvgIpc) is 3.24. The second-order valence-corrected chi connectivity index (χ2v) is 5.95. The molecule has 1 aliphatic heterocycles. The molecule has 1 aromatic heterocycles. The van der Waals surface area contributed by atoms with Gasteiger partial charge in [0.25, 0.3) is 0 Å². The van der Waals surface area contributed by atoms with Crippen molar-refractivity contribution < 1.29 is 18.7 Å². The molecule has 24 heavy (non-hydrogen) atoms. The molecule has 1 atom stereocenters. The van der Waals surface area contributed by atoms with Crippen molar-refractivity contribution in [1.82, 2.24) is 14.9 Å². The topological polar surface area (TPSA) is 67.5 Å². The molecule has 0 bridgehead atoms. The summed E-state index contributed by atoms with van der Waals surface area (Å²) in [6.07, 6.45) is 4.19. The number of nitrogens with one attached hydrogen (secondary N) is 1. The summed E-state index contributed by atoms with van der Waals surface area (Å²) in [5, 5.41) is 0. The largest absolute Gasteiger partial charge is 0.491 e. The van der Waals surface area contributed by atoms with Gasteiger partial charge in [0, 0.05) is 25.5 Å². The van der Waals surface area contributed by atoms with Gasteiger partial charge in [-0.15, -0.1) is 0 Å². The summed E-state index contributed by atoms with van der Waals surface area (Å²) in [5.74, 6) is 0.301. The van der Waals surface area contributed by atoms with Crippen molar-refractivity contribution in [3.63, 3.8) is 0 Å². The van der Waals surface area contributed by atoms with Gasteiger partial charge in [0.1, 0.15) is 23.8 Å². The van der Waals surface area contributed by atoms with E-state index >= 15 is 0 Å².